The Hall–Kier alpha value is -2.45. The summed E-state index contributed by atoms with van der Waals surface area (Å²) in [4.78, 5) is 14.6. The van der Waals surface area contributed by atoms with Gasteiger partial charge >= 0.3 is 0 Å². The summed E-state index contributed by atoms with van der Waals surface area (Å²) >= 11 is 3.09. The molecule has 1 saturated heterocycles. The Balaban J connectivity index is 1.20. The van der Waals surface area contributed by atoms with Crippen molar-refractivity contribution in [2.45, 2.75) is 30.0 Å². The van der Waals surface area contributed by atoms with Crippen LogP contribution in [-0.4, -0.2) is 34.9 Å². The van der Waals surface area contributed by atoms with Gasteiger partial charge in [-0.15, -0.1) is 10.2 Å². The van der Waals surface area contributed by atoms with Crippen LogP contribution in [0.2, 0.25) is 0 Å². The van der Waals surface area contributed by atoms with Crippen LogP contribution in [0, 0.1) is 11.7 Å². The molecule has 0 spiro atoms. The van der Waals surface area contributed by atoms with Crippen molar-refractivity contribution in [1.82, 2.24) is 10.2 Å². The number of rotatable bonds is 8. The van der Waals surface area contributed by atoms with Crippen molar-refractivity contribution < 1.29 is 9.18 Å². The summed E-state index contributed by atoms with van der Waals surface area (Å²) in [6.07, 6.45) is 3.50. The number of halogens is 1. The topological polar surface area (TPSA) is 58.1 Å². The first-order chi connectivity index (χ1) is 15.2. The van der Waals surface area contributed by atoms with Gasteiger partial charge in [-0.1, -0.05) is 65.6 Å². The van der Waals surface area contributed by atoms with Gasteiger partial charge in [0.05, 0.1) is 5.69 Å². The largest absolute Gasteiger partial charge is 0.369 e. The maximum absolute atomic E-state index is 14.0. The monoisotopic (exact) mass is 456 g/mol. The first-order valence-electron chi connectivity index (χ1n) is 10.5. The molecule has 0 atom stereocenters. The number of hydrogen-bond acceptors (Lipinski definition) is 6. The molecule has 2 heterocycles. The zero-order chi connectivity index (χ0) is 21.5. The van der Waals surface area contributed by atoms with E-state index in [9.17, 15) is 9.18 Å². The van der Waals surface area contributed by atoms with Gasteiger partial charge < -0.3 is 10.2 Å². The highest BCUT2D eigenvalue weighted by Crippen LogP contribution is 2.29. The Morgan fingerprint density at radius 3 is 2.61 bits per heavy atom. The third-order valence-electron chi connectivity index (χ3n) is 5.37. The van der Waals surface area contributed by atoms with Crippen LogP contribution in [0.3, 0.4) is 0 Å². The molecule has 2 aromatic carbocycles. The Morgan fingerprint density at radius 1 is 1.10 bits per heavy atom. The summed E-state index contributed by atoms with van der Waals surface area (Å²) in [5.74, 6) is 0.637. The van der Waals surface area contributed by atoms with Crippen LogP contribution in [0.1, 0.15) is 24.8 Å². The number of thioether (sulfide) groups is 1. The molecule has 5 nitrogen and oxygen atoms in total. The van der Waals surface area contributed by atoms with E-state index < -0.39 is 0 Å². The van der Waals surface area contributed by atoms with Crippen LogP contribution in [-0.2, 0) is 11.2 Å². The maximum Gasteiger partial charge on any atom is 0.229 e. The predicted octanol–water partition coefficient (Wildman–Crippen LogP) is 5.26. The number of aromatic nitrogens is 2. The third kappa shape index (κ3) is 6.04. The second kappa shape index (κ2) is 10.7. The van der Waals surface area contributed by atoms with E-state index in [1.54, 1.807) is 23.9 Å². The lowest BCUT2D eigenvalue weighted by Crippen LogP contribution is -2.38. The number of carbonyl (C=O) groups is 1. The molecule has 31 heavy (non-hydrogen) atoms. The fourth-order valence-electron chi connectivity index (χ4n) is 3.70. The second-order valence-electron chi connectivity index (χ2n) is 7.51. The first-order valence-corrected chi connectivity index (χ1v) is 12.3. The minimum atomic E-state index is -0.215. The van der Waals surface area contributed by atoms with Crippen molar-refractivity contribution >= 4 is 39.8 Å². The molecule has 0 aliphatic carbocycles. The fraction of sp³-hybridized carbons (Fsp3) is 0.348. The average molecular weight is 457 g/mol. The normalized spacial score (nSPS) is 14.5. The van der Waals surface area contributed by atoms with Gasteiger partial charge in [0.2, 0.25) is 11.0 Å². The van der Waals surface area contributed by atoms with E-state index in [-0.39, 0.29) is 17.6 Å². The van der Waals surface area contributed by atoms with Crippen molar-refractivity contribution in [1.29, 1.82) is 0 Å². The summed E-state index contributed by atoms with van der Waals surface area (Å²) in [6, 6.07) is 17.2. The van der Waals surface area contributed by atoms with E-state index in [1.807, 2.05) is 17.0 Å². The summed E-state index contributed by atoms with van der Waals surface area (Å²) in [7, 11) is 0. The number of carbonyl (C=O) groups excluding carboxylic acids is 1. The molecule has 0 bridgehead atoms. The van der Waals surface area contributed by atoms with Crippen LogP contribution in [0.25, 0.3) is 0 Å². The van der Waals surface area contributed by atoms with Crippen molar-refractivity contribution in [3.8, 4) is 0 Å². The maximum atomic E-state index is 14.0. The minimum Gasteiger partial charge on any atom is -0.369 e. The smallest absolute Gasteiger partial charge is 0.229 e. The molecule has 1 fully saturated rings. The van der Waals surface area contributed by atoms with Crippen molar-refractivity contribution in [2.75, 3.05) is 29.1 Å². The summed E-state index contributed by atoms with van der Waals surface area (Å²) in [6.45, 7) is 1.33. The number of nitrogens with zero attached hydrogens (tertiary/aromatic N) is 3. The van der Waals surface area contributed by atoms with Crippen LogP contribution >= 0.6 is 23.1 Å². The number of amides is 1. The van der Waals surface area contributed by atoms with E-state index in [0.29, 0.717) is 36.8 Å². The minimum absolute atomic E-state index is 0.0232. The lowest BCUT2D eigenvalue weighted by atomic mass is 9.95. The Kier molecular flexibility index (Phi) is 7.53. The van der Waals surface area contributed by atoms with Gasteiger partial charge in [-0.05, 0) is 43.4 Å². The fourth-order valence-corrected chi connectivity index (χ4v) is 5.46. The molecule has 162 valence electrons. The van der Waals surface area contributed by atoms with E-state index in [1.165, 1.54) is 23.0 Å². The van der Waals surface area contributed by atoms with Crippen LogP contribution in [0.4, 0.5) is 15.2 Å². The molecule has 1 aliphatic rings. The SMILES string of the molecule is O=C(Nc1nnc(SCCCc2ccccc2)s1)C1CCN(c2ccccc2F)CC1. The molecule has 1 aromatic heterocycles. The lowest BCUT2D eigenvalue weighted by Gasteiger charge is -2.33. The van der Waals surface area contributed by atoms with Gasteiger partial charge in [-0.25, -0.2) is 4.39 Å². The van der Waals surface area contributed by atoms with Gasteiger partial charge in [0.25, 0.3) is 0 Å². The van der Waals surface area contributed by atoms with Crippen molar-refractivity contribution in [3.63, 3.8) is 0 Å². The van der Waals surface area contributed by atoms with Crippen LogP contribution in [0.15, 0.2) is 58.9 Å². The van der Waals surface area contributed by atoms with Crippen LogP contribution < -0.4 is 10.2 Å². The van der Waals surface area contributed by atoms with E-state index in [2.05, 4.69) is 39.8 Å². The summed E-state index contributed by atoms with van der Waals surface area (Å²) in [5, 5.41) is 11.8. The van der Waals surface area contributed by atoms with E-state index in [4.69, 9.17) is 0 Å². The van der Waals surface area contributed by atoms with Crippen LogP contribution in [0.5, 0.6) is 0 Å². The Labute approximate surface area is 190 Å². The molecular formula is C23H25FN4OS2. The van der Waals surface area contributed by atoms with Gasteiger partial charge in [0.1, 0.15) is 5.82 Å². The number of hydrogen-bond donors (Lipinski definition) is 1. The standard InChI is InChI=1S/C23H25FN4OS2/c24-19-10-4-5-11-20(19)28-14-12-18(13-15-28)21(29)25-22-26-27-23(31-22)30-16-6-9-17-7-2-1-3-8-17/h1-5,7-8,10-11,18H,6,9,12-16H2,(H,25,26,29). The zero-order valence-electron chi connectivity index (χ0n) is 17.2. The molecule has 8 heteroatoms. The zero-order valence-corrected chi connectivity index (χ0v) is 18.8. The van der Waals surface area contributed by atoms with Crippen molar-refractivity contribution in [3.05, 3.63) is 66.0 Å². The molecule has 0 radical (unpaired) electrons. The summed E-state index contributed by atoms with van der Waals surface area (Å²) in [5.41, 5.74) is 1.95. The first kappa shape index (κ1) is 21.8. The van der Waals surface area contributed by atoms with E-state index >= 15 is 0 Å². The lowest BCUT2D eigenvalue weighted by molar-refractivity contribution is -0.120. The highest BCUT2D eigenvalue weighted by molar-refractivity contribution is 8.01. The third-order valence-corrected chi connectivity index (χ3v) is 7.43. The molecular weight excluding hydrogens is 431 g/mol. The number of piperidine rings is 1. The van der Waals surface area contributed by atoms with Gasteiger partial charge in [0, 0.05) is 24.8 Å². The number of benzene rings is 2. The Morgan fingerprint density at radius 2 is 1.84 bits per heavy atom. The predicted molar refractivity (Wildman–Crippen MR) is 125 cm³/mol. The van der Waals surface area contributed by atoms with E-state index in [0.717, 1.165) is 22.9 Å². The highest BCUT2D eigenvalue weighted by atomic mass is 32.2. The second-order valence-corrected chi connectivity index (χ2v) is 9.83. The molecule has 1 N–H and O–H groups in total. The number of aryl methyl sites for hydroxylation is 1. The Bertz CT molecular complexity index is 990. The molecule has 3 aromatic rings. The van der Waals surface area contributed by atoms with Gasteiger partial charge in [-0.2, -0.15) is 0 Å². The number of para-hydroxylation sites is 1. The van der Waals surface area contributed by atoms with Gasteiger partial charge in [-0.3, -0.25) is 4.79 Å². The molecule has 1 aliphatic heterocycles. The van der Waals surface area contributed by atoms with Gasteiger partial charge in [0.15, 0.2) is 4.34 Å². The highest BCUT2D eigenvalue weighted by Gasteiger charge is 2.26. The quantitative estimate of drug-likeness (QED) is 0.285. The molecule has 0 saturated carbocycles. The summed E-state index contributed by atoms with van der Waals surface area (Å²) < 4.78 is 14.9. The number of anilines is 2. The molecule has 4 rings (SSSR count). The van der Waals surface area contributed by atoms with Crippen molar-refractivity contribution in [2.24, 2.45) is 5.92 Å². The number of nitrogens with one attached hydrogen (secondary N) is 1. The molecule has 1 amide bonds. The molecule has 0 unspecified atom stereocenters. The average Bonchev–Trinajstić information content (AvgIpc) is 3.25.